The van der Waals surface area contributed by atoms with E-state index in [1.165, 1.54) is 0 Å². The summed E-state index contributed by atoms with van der Waals surface area (Å²) in [5, 5.41) is 7.12. The van der Waals surface area contributed by atoms with E-state index in [2.05, 4.69) is 0 Å². The Labute approximate surface area is 84.7 Å². The third-order valence-electron chi connectivity index (χ3n) is 1.81. The first kappa shape index (κ1) is 14.2. The van der Waals surface area contributed by atoms with Gasteiger partial charge in [-0.2, -0.15) is 13.2 Å². The van der Waals surface area contributed by atoms with Gasteiger partial charge in [0.25, 0.3) is 0 Å². The van der Waals surface area contributed by atoms with E-state index in [9.17, 15) is 17.6 Å². The quantitative estimate of drug-likeness (QED) is 0.645. The van der Waals surface area contributed by atoms with Gasteiger partial charge in [0.1, 0.15) is 6.17 Å². The molecule has 0 amide bonds. The van der Waals surface area contributed by atoms with Gasteiger partial charge in [-0.25, -0.2) is 9.18 Å². The van der Waals surface area contributed by atoms with Crippen molar-refractivity contribution in [1.29, 1.82) is 0 Å². The molecule has 1 fully saturated rings. The molecular weight excluding hydrogens is 218 g/mol. The van der Waals surface area contributed by atoms with Crippen LogP contribution in [0.25, 0.3) is 0 Å². The Hall–Kier alpha value is -0.850. The van der Waals surface area contributed by atoms with E-state index in [0.717, 1.165) is 19.4 Å². The predicted molar refractivity (Wildman–Crippen MR) is 45.3 cm³/mol. The highest BCUT2D eigenvalue weighted by Gasteiger charge is 2.38. The van der Waals surface area contributed by atoms with E-state index >= 15 is 0 Å². The van der Waals surface area contributed by atoms with Crippen LogP contribution < -0.4 is 0 Å². The first-order valence-corrected chi connectivity index (χ1v) is 4.36. The summed E-state index contributed by atoms with van der Waals surface area (Å²) in [4.78, 5) is 10.9. The van der Waals surface area contributed by atoms with Crippen LogP contribution in [0, 0.1) is 0 Å². The van der Waals surface area contributed by atoms with Gasteiger partial charge in [0, 0.05) is 6.54 Å². The number of aliphatic carboxylic acids is 1. The van der Waals surface area contributed by atoms with Crippen LogP contribution in [0.1, 0.15) is 12.8 Å². The number of rotatable bonds is 0. The maximum atomic E-state index is 12.4. The van der Waals surface area contributed by atoms with Crippen molar-refractivity contribution in [3.05, 3.63) is 0 Å². The number of carboxylic acids is 1. The second kappa shape index (κ2) is 5.89. The third-order valence-corrected chi connectivity index (χ3v) is 1.81. The number of nitrogens with zero attached hydrogens (tertiary/aromatic N) is 1. The lowest BCUT2D eigenvalue weighted by Gasteiger charge is -2.24. The van der Waals surface area contributed by atoms with Crippen LogP contribution in [0.5, 0.6) is 0 Å². The number of likely N-dealkylation sites (tertiary alicyclic amines) is 1. The van der Waals surface area contributed by atoms with Crippen LogP contribution in [0.2, 0.25) is 0 Å². The minimum Gasteiger partial charge on any atom is -0.475 e. The molecule has 0 aromatic heterocycles. The fourth-order valence-electron chi connectivity index (χ4n) is 1.10. The monoisotopic (exact) mass is 231 g/mol. The number of halogens is 4. The molecule has 1 N–H and O–H groups in total. The lowest BCUT2D eigenvalue weighted by atomic mass is 10.1. The van der Waals surface area contributed by atoms with Crippen molar-refractivity contribution in [2.45, 2.75) is 25.2 Å². The van der Waals surface area contributed by atoms with Gasteiger partial charge in [0.05, 0.1) is 0 Å². The molecule has 1 rings (SSSR count). The molecule has 15 heavy (non-hydrogen) atoms. The van der Waals surface area contributed by atoms with Crippen molar-refractivity contribution in [1.82, 2.24) is 4.90 Å². The van der Waals surface area contributed by atoms with Gasteiger partial charge in [0.2, 0.25) is 0 Å². The fraction of sp³-hybridized carbons (Fsp3) is 0.875. The zero-order valence-corrected chi connectivity index (χ0v) is 8.22. The number of carbonyl (C=O) groups is 1. The average molecular weight is 231 g/mol. The fourth-order valence-corrected chi connectivity index (χ4v) is 1.10. The number of hydrogen-bond acceptors (Lipinski definition) is 2. The Balaban J connectivity index is 0.000000265. The van der Waals surface area contributed by atoms with Gasteiger partial charge in [-0.15, -0.1) is 0 Å². The number of hydrogen-bond donors (Lipinski definition) is 1. The summed E-state index contributed by atoms with van der Waals surface area (Å²) in [6.45, 7) is 1.71. The number of alkyl halides is 4. The van der Waals surface area contributed by atoms with Crippen LogP contribution >= 0.6 is 0 Å². The lowest BCUT2D eigenvalue weighted by molar-refractivity contribution is -0.192. The van der Waals surface area contributed by atoms with Crippen molar-refractivity contribution in [3.63, 3.8) is 0 Å². The van der Waals surface area contributed by atoms with Crippen molar-refractivity contribution >= 4 is 5.97 Å². The third kappa shape index (κ3) is 7.12. The summed E-state index contributed by atoms with van der Waals surface area (Å²) in [5.74, 6) is -2.76. The smallest absolute Gasteiger partial charge is 0.475 e. The molecule has 90 valence electrons. The zero-order chi connectivity index (χ0) is 12.1. The Morgan fingerprint density at radius 1 is 1.47 bits per heavy atom. The van der Waals surface area contributed by atoms with Gasteiger partial charge >= 0.3 is 12.1 Å². The predicted octanol–water partition coefficient (Wildman–Crippen LogP) is 1.68. The van der Waals surface area contributed by atoms with Crippen LogP contribution in [0.4, 0.5) is 17.6 Å². The SMILES string of the molecule is CN1CCCC(F)C1.O=C(O)C(F)(F)F. The molecule has 0 aromatic rings. The van der Waals surface area contributed by atoms with Crippen molar-refractivity contribution in [3.8, 4) is 0 Å². The Bertz CT molecular complexity index is 199. The van der Waals surface area contributed by atoms with Gasteiger partial charge in [-0.1, -0.05) is 0 Å². The largest absolute Gasteiger partial charge is 0.490 e. The van der Waals surface area contributed by atoms with Gasteiger partial charge in [0.15, 0.2) is 0 Å². The Kier molecular flexibility index (Phi) is 5.56. The molecule has 1 atom stereocenters. The van der Waals surface area contributed by atoms with E-state index in [1.54, 1.807) is 0 Å². The van der Waals surface area contributed by atoms with Crippen LogP contribution in [0.15, 0.2) is 0 Å². The molecule has 1 unspecified atom stereocenters. The summed E-state index contributed by atoms with van der Waals surface area (Å²) in [6.07, 6.45) is -3.85. The van der Waals surface area contributed by atoms with Gasteiger partial charge < -0.3 is 10.0 Å². The lowest BCUT2D eigenvalue weighted by Crippen LogP contribution is -2.32. The van der Waals surface area contributed by atoms with E-state index in [4.69, 9.17) is 9.90 Å². The highest BCUT2D eigenvalue weighted by Crippen LogP contribution is 2.13. The van der Waals surface area contributed by atoms with Crippen LogP contribution in [-0.2, 0) is 4.79 Å². The molecule has 0 aliphatic carbocycles. The molecule has 0 saturated carbocycles. The molecule has 0 spiro atoms. The highest BCUT2D eigenvalue weighted by atomic mass is 19.4. The standard InChI is InChI=1S/C6H12FN.C2HF3O2/c1-8-4-2-3-6(7)5-8;3-2(4,5)1(6)7/h6H,2-5H2,1H3;(H,6,7). The first-order valence-electron chi connectivity index (χ1n) is 4.36. The average Bonchev–Trinajstić information content (AvgIpc) is 2.02. The number of piperidine rings is 1. The summed E-state index contributed by atoms with van der Waals surface area (Å²) >= 11 is 0. The normalized spacial score (nSPS) is 22.9. The molecule has 1 aliphatic rings. The summed E-state index contributed by atoms with van der Waals surface area (Å²) in [7, 11) is 1.96. The molecule has 1 saturated heterocycles. The maximum Gasteiger partial charge on any atom is 0.490 e. The van der Waals surface area contributed by atoms with Crippen molar-refractivity contribution < 1.29 is 27.5 Å². The van der Waals surface area contributed by atoms with Gasteiger partial charge in [-0.3, -0.25) is 0 Å². The zero-order valence-electron chi connectivity index (χ0n) is 8.22. The first-order chi connectivity index (χ1) is 6.73. The molecule has 0 bridgehead atoms. The Morgan fingerprint density at radius 2 is 1.93 bits per heavy atom. The molecule has 1 heterocycles. The molecule has 3 nitrogen and oxygen atoms in total. The molecule has 0 aromatic carbocycles. The van der Waals surface area contributed by atoms with E-state index in [1.807, 2.05) is 11.9 Å². The molecular formula is C8H13F4NO2. The minimum atomic E-state index is -5.08. The van der Waals surface area contributed by atoms with Crippen LogP contribution in [0.3, 0.4) is 0 Å². The second-order valence-electron chi connectivity index (χ2n) is 3.30. The van der Waals surface area contributed by atoms with E-state index < -0.39 is 18.3 Å². The molecule has 7 heteroatoms. The molecule has 1 aliphatic heterocycles. The second-order valence-corrected chi connectivity index (χ2v) is 3.30. The molecule has 0 radical (unpaired) electrons. The van der Waals surface area contributed by atoms with Crippen molar-refractivity contribution in [2.24, 2.45) is 0 Å². The summed E-state index contributed by atoms with van der Waals surface area (Å²) in [6, 6.07) is 0. The topological polar surface area (TPSA) is 40.5 Å². The Morgan fingerprint density at radius 3 is 2.13 bits per heavy atom. The summed E-state index contributed by atoms with van der Waals surface area (Å²) < 4.78 is 44.1. The number of carboxylic acid groups (broad SMARTS) is 1. The maximum absolute atomic E-state index is 12.4. The van der Waals surface area contributed by atoms with E-state index in [-0.39, 0.29) is 0 Å². The van der Waals surface area contributed by atoms with Crippen molar-refractivity contribution in [2.75, 3.05) is 20.1 Å². The minimum absolute atomic E-state index is 0.561. The van der Waals surface area contributed by atoms with Crippen LogP contribution in [-0.4, -0.2) is 48.5 Å². The van der Waals surface area contributed by atoms with Gasteiger partial charge in [-0.05, 0) is 26.4 Å². The highest BCUT2D eigenvalue weighted by molar-refractivity contribution is 5.73. The van der Waals surface area contributed by atoms with E-state index in [0.29, 0.717) is 6.54 Å². The summed E-state index contributed by atoms with van der Waals surface area (Å²) in [5.41, 5.74) is 0.